The molecule has 0 aromatic heterocycles. The first-order valence-corrected chi connectivity index (χ1v) is 5.48. The van der Waals surface area contributed by atoms with Crippen LogP contribution in [0.1, 0.15) is 5.56 Å². The van der Waals surface area contributed by atoms with Crippen LogP contribution in [0.4, 0.5) is 0 Å². The number of rotatable bonds is 7. The molecule has 19 heavy (non-hydrogen) atoms. The summed E-state index contributed by atoms with van der Waals surface area (Å²) in [7, 11) is 1.32. The van der Waals surface area contributed by atoms with Crippen molar-refractivity contribution in [2.45, 2.75) is 6.61 Å². The van der Waals surface area contributed by atoms with Gasteiger partial charge in [0, 0.05) is 0 Å². The van der Waals surface area contributed by atoms with Crippen LogP contribution in [0.5, 0.6) is 0 Å². The summed E-state index contributed by atoms with van der Waals surface area (Å²) < 4.78 is 9.87. The first-order chi connectivity index (χ1) is 9.17. The van der Waals surface area contributed by atoms with Crippen LogP contribution in [0.15, 0.2) is 54.0 Å². The van der Waals surface area contributed by atoms with E-state index in [9.17, 15) is 9.59 Å². The van der Waals surface area contributed by atoms with Crippen molar-refractivity contribution in [2.75, 3.05) is 7.11 Å². The van der Waals surface area contributed by atoms with Crippen molar-refractivity contribution in [3.8, 4) is 0 Å². The van der Waals surface area contributed by atoms with Gasteiger partial charge in [0.05, 0.1) is 7.11 Å². The number of hydrogen-bond acceptors (Lipinski definition) is 4. The Kier molecular flexibility index (Phi) is 5.88. The quantitative estimate of drug-likeness (QED) is 0.351. The fourth-order valence-corrected chi connectivity index (χ4v) is 1.23. The van der Waals surface area contributed by atoms with Crippen molar-refractivity contribution >= 4 is 12.3 Å². The van der Waals surface area contributed by atoms with Gasteiger partial charge in [0.2, 0.25) is 5.76 Å². The van der Waals surface area contributed by atoms with Crippen molar-refractivity contribution in [2.24, 2.45) is 0 Å². The second kappa shape index (κ2) is 7.71. The number of benzene rings is 1. The molecule has 0 heterocycles. The van der Waals surface area contributed by atoms with E-state index in [1.54, 1.807) is 0 Å². The number of carboxylic acid groups (broad SMARTS) is 1. The zero-order chi connectivity index (χ0) is 14.1. The molecule has 0 aliphatic heterocycles. The number of ether oxygens (including phenoxy) is 2. The lowest BCUT2D eigenvalue weighted by atomic mass is 10.2. The summed E-state index contributed by atoms with van der Waals surface area (Å²) in [6.07, 6.45) is 2.90. The third-order valence-electron chi connectivity index (χ3n) is 2.20. The van der Waals surface area contributed by atoms with E-state index in [-0.39, 0.29) is 18.1 Å². The molecule has 1 aromatic rings. The Bertz CT molecular complexity index is 488. The molecule has 0 spiro atoms. The average Bonchev–Trinajstić information content (AvgIpc) is 2.43. The highest BCUT2D eigenvalue weighted by atomic mass is 16.5. The van der Waals surface area contributed by atoms with E-state index in [4.69, 9.17) is 14.6 Å². The molecule has 1 N–H and O–H groups in total. The zero-order valence-corrected chi connectivity index (χ0v) is 10.4. The molecule has 5 heteroatoms. The molecule has 0 aliphatic carbocycles. The Hall–Kier alpha value is -2.56. The predicted octanol–water partition coefficient (Wildman–Crippen LogP) is 1.90. The highest BCUT2D eigenvalue weighted by molar-refractivity contribution is 5.85. The number of allylic oxidation sites excluding steroid dienone is 3. The van der Waals surface area contributed by atoms with Gasteiger partial charge in [0.15, 0.2) is 12.0 Å². The monoisotopic (exact) mass is 262 g/mol. The van der Waals surface area contributed by atoms with Gasteiger partial charge in [-0.05, 0) is 17.7 Å². The summed E-state index contributed by atoms with van der Waals surface area (Å²) in [5, 5.41) is 8.96. The number of carbonyl (C=O) groups excluding carboxylic acids is 1. The lowest BCUT2D eigenvalue weighted by Crippen LogP contribution is -2.05. The van der Waals surface area contributed by atoms with Crippen molar-refractivity contribution in [3.63, 3.8) is 0 Å². The first-order valence-electron chi connectivity index (χ1n) is 5.48. The van der Waals surface area contributed by atoms with Crippen LogP contribution in [0.3, 0.4) is 0 Å². The Morgan fingerprint density at radius 1 is 1.26 bits per heavy atom. The minimum absolute atomic E-state index is 0.0158. The Labute approximate surface area is 110 Å². The maximum absolute atomic E-state index is 11.0. The summed E-state index contributed by atoms with van der Waals surface area (Å²) in [6, 6.07) is 9.16. The number of hydrogen-bond donors (Lipinski definition) is 1. The molecule has 0 aliphatic rings. The van der Waals surface area contributed by atoms with Crippen molar-refractivity contribution in [1.82, 2.24) is 0 Å². The van der Waals surface area contributed by atoms with Crippen LogP contribution in [-0.4, -0.2) is 24.5 Å². The summed E-state index contributed by atoms with van der Waals surface area (Å²) in [5.41, 5.74) is 0.848. The molecule has 0 fully saturated rings. The summed E-state index contributed by atoms with van der Waals surface area (Å²) in [5.74, 6) is -1.46. The second-order valence-corrected chi connectivity index (χ2v) is 3.50. The third kappa shape index (κ3) is 5.08. The van der Waals surface area contributed by atoms with Gasteiger partial charge in [0.25, 0.3) is 0 Å². The van der Waals surface area contributed by atoms with Gasteiger partial charge in [-0.3, -0.25) is 4.79 Å². The molecule has 0 saturated heterocycles. The van der Waals surface area contributed by atoms with Crippen LogP contribution in [0.25, 0.3) is 0 Å². The smallest absolute Gasteiger partial charge is 0.371 e. The molecule has 100 valence electrons. The standard InChI is InChI=1S/C14H14O5/c1-18-12(9-15)7-8-13(14(16)17)19-10-11-5-3-2-4-6-11/h2-9H,10H2,1H3,(H,16,17). The van der Waals surface area contributed by atoms with E-state index in [2.05, 4.69) is 0 Å². The minimum atomic E-state index is -1.21. The van der Waals surface area contributed by atoms with Crippen LogP contribution in [-0.2, 0) is 25.7 Å². The lowest BCUT2D eigenvalue weighted by molar-refractivity contribution is -0.136. The fraction of sp³-hybridized carbons (Fsp3) is 0.143. The van der Waals surface area contributed by atoms with Crippen molar-refractivity contribution in [3.05, 3.63) is 59.6 Å². The van der Waals surface area contributed by atoms with E-state index >= 15 is 0 Å². The topological polar surface area (TPSA) is 72.8 Å². The van der Waals surface area contributed by atoms with Crippen molar-refractivity contribution in [1.29, 1.82) is 0 Å². The van der Waals surface area contributed by atoms with Gasteiger partial charge >= 0.3 is 5.97 Å². The Balaban J connectivity index is 2.74. The third-order valence-corrected chi connectivity index (χ3v) is 2.20. The number of methoxy groups -OCH3 is 1. The molecule has 0 radical (unpaired) electrons. The van der Waals surface area contributed by atoms with Crippen LogP contribution >= 0.6 is 0 Å². The fourth-order valence-electron chi connectivity index (χ4n) is 1.23. The first kappa shape index (κ1) is 14.5. The normalized spacial score (nSPS) is 11.8. The van der Waals surface area contributed by atoms with Gasteiger partial charge in [-0.1, -0.05) is 30.3 Å². The van der Waals surface area contributed by atoms with E-state index < -0.39 is 5.97 Å². The number of carboxylic acids is 1. The van der Waals surface area contributed by atoms with Crippen LogP contribution in [0, 0.1) is 0 Å². The summed E-state index contributed by atoms with van der Waals surface area (Å²) in [4.78, 5) is 21.4. The summed E-state index contributed by atoms with van der Waals surface area (Å²) >= 11 is 0. The number of aldehydes is 1. The van der Waals surface area contributed by atoms with Gasteiger partial charge < -0.3 is 14.6 Å². The van der Waals surface area contributed by atoms with Crippen molar-refractivity contribution < 1.29 is 24.2 Å². The number of aliphatic carboxylic acids is 1. The second-order valence-electron chi connectivity index (χ2n) is 3.50. The molecule has 0 bridgehead atoms. The Morgan fingerprint density at radius 2 is 1.95 bits per heavy atom. The van der Waals surface area contributed by atoms with E-state index in [0.717, 1.165) is 5.56 Å². The molecule has 0 unspecified atom stereocenters. The predicted molar refractivity (Wildman–Crippen MR) is 68.1 cm³/mol. The Morgan fingerprint density at radius 3 is 2.47 bits per heavy atom. The molecular weight excluding hydrogens is 248 g/mol. The minimum Gasteiger partial charge on any atom is -0.493 e. The highest BCUT2D eigenvalue weighted by Crippen LogP contribution is 2.07. The molecule has 1 rings (SSSR count). The maximum Gasteiger partial charge on any atom is 0.371 e. The molecular formula is C14H14O5. The molecule has 0 atom stereocenters. The molecule has 0 saturated carbocycles. The average molecular weight is 262 g/mol. The highest BCUT2D eigenvalue weighted by Gasteiger charge is 2.08. The van der Waals surface area contributed by atoms with E-state index in [1.807, 2.05) is 30.3 Å². The number of carbonyl (C=O) groups is 2. The molecule has 1 aromatic carbocycles. The largest absolute Gasteiger partial charge is 0.493 e. The molecule has 0 amide bonds. The SMILES string of the molecule is COC(C=O)=CC=C(OCc1ccccc1)C(=O)O. The molecule has 5 nitrogen and oxygen atoms in total. The van der Waals surface area contributed by atoms with Gasteiger partial charge in [-0.25, -0.2) is 4.79 Å². The van der Waals surface area contributed by atoms with Gasteiger partial charge in [-0.15, -0.1) is 0 Å². The van der Waals surface area contributed by atoms with Gasteiger partial charge in [-0.2, -0.15) is 0 Å². The van der Waals surface area contributed by atoms with Crippen LogP contribution in [0.2, 0.25) is 0 Å². The summed E-state index contributed by atoms with van der Waals surface area (Å²) in [6.45, 7) is 0.135. The lowest BCUT2D eigenvalue weighted by Gasteiger charge is -2.06. The van der Waals surface area contributed by atoms with Gasteiger partial charge in [0.1, 0.15) is 6.61 Å². The maximum atomic E-state index is 11.0. The zero-order valence-electron chi connectivity index (χ0n) is 10.4. The van der Waals surface area contributed by atoms with Crippen LogP contribution < -0.4 is 0 Å². The van der Waals surface area contributed by atoms with E-state index in [0.29, 0.717) is 6.29 Å². The van der Waals surface area contributed by atoms with E-state index in [1.165, 1.54) is 19.3 Å².